The summed E-state index contributed by atoms with van der Waals surface area (Å²) in [6.07, 6.45) is 1.70. The van der Waals surface area contributed by atoms with Gasteiger partial charge >= 0.3 is 5.97 Å². The van der Waals surface area contributed by atoms with Gasteiger partial charge < -0.3 is 10.2 Å². The first-order valence-electron chi connectivity index (χ1n) is 6.43. The molecule has 17 heavy (non-hydrogen) atoms. The predicted octanol–water partition coefficient (Wildman–Crippen LogP) is 1.58. The molecule has 3 atom stereocenters. The van der Waals surface area contributed by atoms with Crippen LogP contribution in [0.5, 0.6) is 0 Å². The van der Waals surface area contributed by atoms with Gasteiger partial charge in [0.05, 0.1) is 5.60 Å². The van der Waals surface area contributed by atoms with Crippen molar-refractivity contribution >= 4 is 5.97 Å². The quantitative estimate of drug-likeness (QED) is 0.787. The average Bonchev–Trinajstić information content (AvgIpc) is 2.19. The Kier molecular flexibility index (Phi) is 4.55. The van der Waals surface area contributed by atoms with E-state index in [0.29, 0.717) is 18.9 Å². The summed E-state index contributed by atoms with van der Waals surface area (Å²) in [7, 11) is 0. The van der Waals surface area contributed by atoms with Crippen LogP contribution in [0.25, 0.3) is 0 Å². The Labute approximate surface area is 104 Å². The Morgan fingerprint density at radius 1 is 1.53 bits per heavy atom. The summed E-state index contributed by atoms with van der Waals surface area (Å²) >= 11 is 0. The first kappa shape index (κ1) is 14.5. The fourth-order valence-electron chi connectivity index (χ4n) is 2.23. The maximum absolute atomic E-state index is 11.2. The Hall–Kier alpha value is -0.610. The number of hydrogen-bond acceptors (Lipinski definition) is 3. The zero-order chi connectivity index (χ0) is 13.2. The van der Waals surface area contributed by atoms with Crippen LogP contribution in [0.15, 0.2) is 0 Å². The van der Waals surface area contributed by atoms with E-state index in [-0.39, 0.29) is 5.92 Å². The Bertz CT molecular complexity index is 276. The number of piperidine rings is 1. The van der Waals surface area contributed by atoms with Crippen molar-refractivity contribution in [3.8, 4) is 0 Å². The topological polar surface area (TPSA) is 60.8 Å². The molecule has 1 rings (SSSR count). The van der Waals surface area contributed by atoms with E-state index in [2.05, 4.69) is 6.92 Å². The van der Waals surface area contributed by atoms with Crippen molar-refractivity contribution in [2.24, 2.45) is 11.8 Å². The van der Waals surface area contributed by atoms with E-state index in [4.69, 9.17) is 0 Å². The Morgan fingerprint density at radius 3 is 2.59 bits per heavy atom. The molecule has 0 bridgehead atoms. The molecule has 0 aromatic carbocycles. The lowest BCUT2D eigenvalue weighted by molar-refractivity contribution is -0.147. The zero-order valence-electron chi connectivity index (χ0n) is 11.3. The lowest BCUT2D eigenvalue weighted by atomic mass is 9.87. The molecule has 1 aliphatic heterocycles. The molecule has 0 aromatic rings. The van der Waals surface area contributed by atoms with Crippen molar-refractivity contribution in [2.45, 2.75) is 52.2 Å². The van der Waals surface area contributed by atoms with Gasteiger partial charge in [-0.1, -0.05) is 20.8 Å². The molecule has 0 spiro atoms. The third-order valence-corrected chi connectivity index (χ3v) is 4.03. The number of carbonyl (C=O) groups is 1. The second-order valence-electron chi connectivity index (χ2n) is 5.97. The molecule has 4 nitrogen and oxygen atoms in total. The molecular weight excluding hydrogens is 218 g/mol. The highest BCUT2D eigenvalue weighted by Crippen LogP contribution is 2.26. The van der Waals surface area contributed by atoms with Crippen molar-refractivity contribution in [3.05, 3.63) is 0 Å². The lowest BCUT2D eigenvalue weighted by Crippen LogP contribution is -2.53. The van der Waals surface area contributed by atoms with Crippen LogP contribution in [-0.2, 0) is 4.79 Å². The summed E-state index contributed by atoms with van der Waals surface area (Å²) in [5, 5.41) is 19.5. The number of aliphatic hydroxyl groups is 1. The number of rotatable bonds is 4. The second-order valence-corrected chi connectivity index (χ2v) is 5.97. The van der Waals surface area contributed by atoms with Gasteiger partial charge in [0.15, 0.2) is 0 Å². The predicted molar refractivity (Wildman–Crippen MR) is 66.9 cm³/mol. The summed E-state index contributed by atoms with van der Waals surface area (Å²) in [4.78, 5) is 13.2. The van der Waals surface area contributed by atoms with E-state index in [9.17, 15) is 15.0 Å². The fourth-order valence-corrected chi connectivity index (χ4v) is 2.23. The molecule has 2 N–H and O–H groups in total. The number of aliphatic carboxylic acids is 1. The normalized spacial score (nSPS) is 30.2. The van der Waals surface area contributed by atoms with Gasteiger partial charge in [-0.3, -0.25) is 9.69 Å². The molecule has 4 heteroatoms. The van der Waals surface area contributed by atoms with Crippen LogP contribution in [0.2, 0.25) is 0 Å². The highest BCUT2D eigenvalue weighted by Gasteiger charge is 2.36. The number of nitrogens with zero attached hydrogens (tertiary/aromatic N) is 1. The van der Waals surface area contributed by atoms with Crippen molar-refractivity contribution in [1.29, 1.82) is 0 Å². The van der Waals surface area contributed by atoms with Crippen LogP contribution in [0, 0.1) is 11.8 Å². The molecule has 0 amide bonds. The van der Waals surface area contributed by atoms with Gasteiger partial charge in [-0.25, -0.2) is 0 Å². The van der Waals surface area contributed by atoms with Crippen molar-refractivity contribution in [1.82, 2.24) is 4.90 Å². The number of carboxylic acid groups (broad SMARTS) is 1. The number of likely N-dealkylation sites (tertiary alicyclic amines) is 1. The van der Waals surface area contributed by atoms with Gasteiger partial charge in [0, 0.05) is 6.54 Å². The van der Waals surface area contributed by atoms with Crippen LogP contribution < -0.4 is 0 Å². The van der Waals surface area contributed by atoms with Crippen molar-refractivity contribution < 1.29 is 15.0 Å². The molecule has 1 saturated heterocycles. The average molecular weight is 243 g/mol. The van der Waals surface area contributed by atoms with E-state index in [1.54, 1.807) is 6.92 Å². The van der Waals surface area contributed by atoms with Crippen LogP contribution >= 0.6 is 0 Å². The minimum Gasteiger partial charge on any atom is -0.480 e. The summed E-state index contributed by atoms with van der Waals surface area (Å²) in [6, 6.07) is -0.441. The molecule has 0 radical (unpaired) electrons. The van der Waals surface area contributed by atoms with Crippen LogP contribution in [0.4, 0.5) is 0 Å². The second kappa shape index (κ2) is 5.36. The zero-order valence-corrected chi connectivity index (χ0v) is 11.3. The van der Waals surface area contributed by atoms with Gasteiger partial charge in [0.2, 0.25) is 0 Å². The van der Waals surface area contributed by atoms with Gasteiger partial charge in [0.1, 0.15) is 6.04 Å². The van der Waals surface area contributed by atoms with Gasteiger partial charge in [-0.05, 0) is 38.1 Å². The van der Waals surface area contributed by atoms with Gasteiger partial charge in [-0.2, -0.15) is 0 Å². The molecule has 0 aromatic heterocycles. The first-order valence-corrected chi connectivity index (χ1v) is 6.43. The summed E-state index contributed by atoms with van der Waals surface area (Å²) in [5.74, 6) is -0.191. The maximum Gasteiger partial charge on any atom is 0.320 e. The van der Waals surface area contributed by atoms with E-state index >= 15 is 0 Å². The number of hydrogen-bond donors (Lipinski definition) is 2. The number of β-amino-alcohol motifs (C(OH)–C–C–N with tert-alkyl or cyclic N) is 1. The Morgan fingerprint density at radius 2 is 2.12 bits per heavy atom. The van der Waals surface area contributed by atoms with E-state index in [0.717, 1.165) is 13.0 Å². The van der Waals surface area contributed by atoms with Crippen LogP contribution in [-0.4, -0.2) is 45.8 Å². The van der Waals surface area contributed by atoms with Gasteiger partial charge in [0.25, 0.3) is 0 Å². The maximum atomic E-state index is 11.2. The van der Waals surface area contributed by atoms with E-state index in [1.807, 2.05) is 18.7 Å². The minimum absolute atomic E-state index is 0.122. The smallest absolute Gasteiger partial charge is 0.320 e. The van der Waals surface area contributed by atoms with E-state index in [1.165, 1.54) is 0 Å². The van der Waals surface area contributed by atoms with Crippen LogP contribution in [0.3, 0.4) is 0 Å². The summed E-state index contributed by atoms with van der Waals surface area (Å²) < 4.78 is 0. The lowest BCUT2D eigenvalue weighted by Gasteiger charge is -2.41. The first-order chi connectivity index (χ1) is 7.74. The fraction of sp³-hybridized carbons (Fsp3) is 0.923. The molecule has 1 aliphatic rings. The van der Waals surface area contributed by atoms with Crippen LogP contribution in [0.1, 0.15) is 40.5 Å². The third kappa shape index (κ3) is 3.68. The van der Waals surface area contributed by atoms with E-state index < -0.39 is 17.6 Å². The molecule has 1 heterocycles. The SMILES string of the molecule is CC1CCN(CC(C)(O)C(C)C)C(C(=O)O)C1. The third-order valence-electron chi connectivity index (χ3n) is 4.03. The molecule has 0 aliphatic carbocycles. The molecule has 3 unspecified atom stereocenters. The Balaban J connectivity index is 2.71. The molecule has 1 fully saturated rings. The highest BCUT2D eigenvalue weighted by atomic mass is 16.4. The molecule has 0 saturated carbocycles. The summed E-state index contributed by atoms with van der Waals surface area (Å²) in [6.45, 7) is 9.00. The molecule has 100 valence electrons. The molecular formula is C13H25NO3. The van der Waals surface area contributed by atoms with Gasteiger partial charge in [-0.15, -0.1) is 0 Å². The largest absolute Gasteiger partial charge is 0.480 e. The minimum atomic E-state index is -0.825. The van der Waals surface area contributed by atoms with Crippen molar-refractivity contribution in [3.63, 3.8) is 0 Å². The summed E-state index contributed by atoms with van der Waals surface area (Å²) in [5.41, 5.74) is -0.825. The highest BCUT2D eigenvalue weighted by molar-refractivity contribution is 5.73. The standard InChI is InChI=1S/C13H25NO3/c1-9(2)13(4,17)8-14-6-5-10(3)7-11(14)12(15)16/h9-11,17H,5-8H2,1-4H3,(H,15,16). The number of carboxylic acids is 1. The van der Waals surface area contributed by atoms with Crippen molar-refractivity contribution in [2.75, 3.05) is 13.1 Å². The monoisotopic (exact) mass is 243 g/mol.